The van der Waals surface area contributed by atoms with E-state index in [1.54, 1.807) is 18.9 Å². The summed E-state index contributed by atoms with van der Waals surface area (Å²) in [6.45, 7) is 1.06. The fourth-order valence-corrected chi connectivity index (χ4v) is 1.92. The van der Waals surface area contributed by atoms with Crippen molar-refractivity contribution in [2.75, 3.05) is 25.2 Å². The molecule has 0 amide bonds. The third-order valence-electron chi connectivity index (χ3n) is 2.29. The number of rotatable bonds is 6. The van der Waals surface area contributed by atoms with Crippen LogP contribution in [0, 0.1) is 12.3 Å². The van der Waals surface area contributed by atoms with Gasteiger partial charge >= 0.3 is 0 Å². The van der Waals surface area contributed by atoms with Gasteiger partial charge in [0, 0.05) is 25.4 Å². The second kappa shape index (κ2) is 6.31. The highest BCUT2D eigenvalue weighted by atomic mass is 32.2. The summed E-state index contributed by atoms with van der Waals surface area (Å²) in [5.41, 5.74) is 0. The zero-order valence-corrected chi connectivity index (χ0v) is 8.90. The molecule has 0 aliphatic heterocycles. The first-order chi connectivity index (χ1) is 6.36. The Morgan fingerprint density at radius 2 is 2.38 bits per heavy atom. The summed E-state index contributed by atoms with van der Waals surface area (Å²) in [7, 11) is 1.78. The minimum atomic E-state index is 0.496. The topological polar surface area (TPSA) is 21.3 Å². The van der Waals surface area contributed by atoms with E-state index in [2.05, 4.69) is 11.2 Å². The molecule has 1 aliphatic rings. The molecular weight excluding hydrogens is 182 g/mol. The molecule has 1 rings (SSSR count). The second-order valence-electron chi connectivity index (χ2n) is 3.24. The Morgan fingerprint density at radius 1 is 1.62 bits per heavy atom. The minimum absolute atomic E-state index is 0.496. The second-order valence-corrected chi connectivity index (χ2v) is 4.34. The molecule has 0 aromatic rings. The third-order valence-corrected chi connectivity index (χ3v) is 3.16. The summed E-state index contributed by atoms with van der Waals surface area (Å²) in [6.07, 6.45) is 7.96. The van der Waals surface area contributed by atoms with Crippen molar-refractivity contribution in [2.45, 2.75) is 25.0 Å². The fourth-order valence-electron chi connectivity index (χ4n) is 1.39. The monoisotopic (exact) mass is 199 g/mol. The Morgan fingerprint density at radius 3 is 3.00 bits per heavy atom. The molecular formula is C10H17NOS. The van der Waals surface area contributed by atoms with Crippen LogP contribution in [0.2, 0.25) is 0 Å². The number of methoxy groups -OCH3 is 1. The summed E-state index contributed by atoms with van der Waals surface area (Å²) >= 11 is 1.81. The summed E-state index contributed by atoms with van der Waals surface area (Å²) in [5, 5.41) is 3.47. The average Bonchev–Trinajstić information content (AvgIpc) is 2.08. The lowest BCUT2D eigenvalue weighted by Crippen LogP contribution is -2.45. The maximum atomic E-state index is 5.19. The molecule has 1 fully saturated rings. The van der Waals surface area contributed by atoms with Gasteiger partial charge in [0.15, 0.2) is 0 Å². The van der Waals surface area contributed by atoms with Gasteiger partial charge in [-0.1, -0.05) is 5.92 Å². The number of hydrogen-bond donors (Lipinski definition) is 1. The Balaban J connectivity index is 1.83. The van der Waals surface area contributed by atoms with E-state index in [4.69, 9.17) is 11.2 Å². The molecule has 1 aliphatic carbocycles. The zero-order chi connectivity index (χ0) is 9.52. The number of nitrogens with one attached hydrogen (secondary N) is 1. The van der Waals surface area contributed by atoms with E-state index in [1.807, 2.05) is 0 Å². The third kappa shape index (κ3) is 4.04. The maximum absolute atomic E-state index is 5.19. The van der Waals surface area contributed by atoms with E-state index >= 15 is 0 Å². The highest BCUT2D eigenvalue weighted by Gasteiger charge is 2.27. The van der Waals surface area contributed by atoms with Gasteiger partial charge in [-0.15, -0.1) is 18.2 Å². The predicted octanol–water partition coefficient (Wildman–Crippen LogP) is 1.12. The summed E-state index contributed by atoms with van der Waals surface area (Å²) in [6, 6.07) is 0.677. The molecule has 0 aromatic heterocycles. The Bertz CT molecular complexity index is 172. The Labute approximate surface area is 84.8 Å². The normalized spacial score (nSPS) is 26.5. The SMILES string of the molecule is C#CCSCCNC1CC(OC)C1. The zero-order valence-electron chi connectivity index (χ0n) is 8.08. The van der Waals surface area contributed by atoms with Crippen molar-refractivity contribution in [1.29, 1.82) is 0 Å². The smallest absolute Gasteiger partial charge is 0.0601 e. The summed E-state index contributed by atoms with van der Waals surface area (Å²) < 4.78 is 5.19. The standard InChI is InChI=1S/C10H17NOS/c1-3-5-13-6-4-11-9-7-10(8-9)12-2/h1,9-11H,4-8H2,2H3. The molecule has 0 atom stereocenters. The Hall–Kier alpha value is -0.170. The van der Waals surface area contributed by atoms with Crippen LogP contribution in [-0.4, -0.2) is 37.3 Å². The van der Waals surface area contributed by atoms with E-state index in [0.29, 0.717) is 12.1 Å². The van der Waals surface area contributed by atoms with Gasteiger partial charge in [0.2, 0.25) is 0 Å². The van der Waals surface area contributed by atoms with E-state index in [1.165, 1.54) is 0 Å². The molecule has 1 N–H and O–H groups in total. The van der Waals surface area contributed by atoms with Gasteiger partial charge < -0.3 is 10.1 Å². The van der Waals surface area contributed by atoms with Crippen LogP contribution < -0.4 is 5.32 Å². The first kappa shape index (κ1) is 10.9. The van der Waals surface area contributed by atoms with Gasteiger partial charge in [-0.3, -0.25) is 0 Å². The Kier molecular flexibility index (Phi) is 5.29. The minimum Gasteiger partial charge on any atom is -0.381 e. The van der Waals surface area contributed by atoms with Gasteiger partial charge in [0.25, 0.3) is 0 Å². The van der Waals surface area contributed by atoms with Crippen molar-refractivity contribution < 1.29 is 4.74 Å². The van der Waals surface area contributed by atoms with Gasteiger partial charge in [-0.05, 0) is 12.8 Å². The van der Waals surface area contributed by atoms with Crippen molar-refractivity contribution in [3.8, 4) is 12.3 Å². The predicted molar refractivity (Wildman–Crippen MR) is 58.0 cm³/mol. The number of terminal acetylenes is 1. The van der Waals surface area contributed by atoms with Crippen molar-refractivity contribution in [1.82, 2.24) is 5.32 Å². The fraction of sp³-hybridized carbons (Fsp3) is 0.800. The van der Waals surface area contributed by atoms with E-state index in [-0.39, 0.29) is 0 Å². The van der Waals surface area contributed by atoms with Crippen LogP contribution in [0.1, 0.15) is 12.8 Å². The molecule has 0 spiro atoms. The molecule has 2 nitrogen and oxygen atoms in total. The van der Waals surface area contributed by atoms with Crippen LogP contribution in [0.5, 0.6) is 0 Å². The van der Waals surface area contributed by atoms with Crippen LogP contribution in [0.4, 0.5) is 0 Å². The number of hydrogen-bond acceptors (Lipinski definition) is 3. The van der Waals surface area contributed by atoms with Crippen LogP contribution in [0.25, 0.3) is 0 Å². The average molecular weight is 199 g/mol. The lowest BCUT2D eigenvalue weighted by molar-refractivity contribution is 0.0181. The highest BCUT2D eigenvalue weighted by Crippen LogP contribution is 2.22. The van der Waals surface area contributed by atoms with Crippen LogP contribution in [0.3, 0.4) is 0 Å². The van der Waals surface area contributed by atoms with E-state index in [0.717, 1.165) is 30.9 Å². The van der Waals surface area contributed by atoms with Crippen molar-refractivity contribution in [3.05, 3.63) is 0 Å². The van der Waals surface area contributed by atoms with Crippen molar-refractivity contribution >= 4 is 11.8 Å². The maximum Gasteiger partial charge on any atom is 0.0601 e. The number of ether oxygens (including phenoxy) is 1. The molecule has 0 unspecified atom stereocenters. The highest BCUT2D eigenvalue weighted by molar-refractivity contribution is 7.99. The largest absolute Gasteiger partial charge is 0.381 e. The molecule has 0 heterocycles. The van der Waals surface area contributed by atoms with Crippen molar-refractivity contribution in [3.63, 3.8) is 0 Å². The quantitative estimate of drug-likeness (QED) is 0.511. The van der Waals surface area contributed by atoms with E-state index in [9.17, 15) is 0 Å². The number of thioether (sulfide) groups is 1. The molecule has 1 saturated carbocycles. The molecule has 0 radical (unpaired) electrons. The summed E-state index contributed by atoms with van der Waals surface area (Å²) in [5.74, 6) is 4.55. The van der Waals surface area contributed by atoms with Gasteiger partial charge in [0.1, 0.15) is 0 Å². The summed E-state index contributed by atoms with van der Waals surface area (Å²) in [4.78, 5) is 0. The van der Waals surface area contributed by atoms with E-state index < -0.39 is 0 Å². The van der Waals surface area contributed by atoms with Crippen LogP contribution in [0.15, 0.2) is 0 Å². The first-order valence-electron chi connectivity index (χ1n) is 4.64. The van der Waals surface area contributed by atoms with Gasteiger partial charge in [0.05, 0.1) is 11.9 Å². The molecule has 74 valence electrons. The molecule has 0 bridgehead atoms. The lowest BCUT2D eigenvalue weighted by atomic mass is 9.89. The van der Waals surface area contributed by atoms with Gasteiger partial charge in [-0.25, -0.2) is 0 Å². The molecule has 0 saturated heterocycles. The molecule has 3 heteroatoms. The van der Waals surface area contributed by atoms with Crippen LogP contribution >= 0.6 is 11.8 Å². The van der Waals surface area contributed by atoms with Crippen LogP contribution in [-0.2, 0) is 4.74 Å². The molecule has 0 aromatic carbocycles. The van der Waals surface area contributed by atoms with Crippen molar-refractivity contribution in [2.24, 2.45) is 0 Å². The first-order valence-corrected chi connectivity index (χ1v) is 5.79. The lowest BCUT2D eigenvalue weighted by Gasteiger charge is -2.34. The molecule has 13 heavy (non-hydrogen) atoms. The van der Waals surface area contributed by atoms with Gasteiger partial charge in [-0.2, -0.15) is 0 Å².